The number of pyridine rings is 1. The number of ether oxygens (including phenoxy) is 1. The second-order valence-electron chi connectivity index (χ2n) is 3.70. The Balaban J connectivity index is 2.02. The Morgan fingerprint density at radius 2 is 2.50 bits per heavy atom. The van der Waals surface area contributed by atoms with Crippen LogP contribution in [0.2, 0.25) is 0 Å². The van der Waals surface area contributed by atoms with E-state index in [0.717, 1.165) is 25.9 Å². The van der Waals surface area contributed by atoms with Crippen molar-refractivity contribution in [1.29, 1.82) is 0 Å². The van der Waals surface area contributed by atoms with Gasteiger partial charge in [-0.15, -0.1) is 0 Å². The lowest BCUT2D eigenvalue weighted by molar-refractivity contribution is -0.385. The van der Waals surface area contributed by atoms with Crippen LogP contribution in [0.25, 0.3) is 0 Å². The van der Waals surface area contributed by atoms with Crippen LogP contribution in [-0.2, 0) is 0 Å². The molecule has 1 unspecified atom stereocenters. The van der Waals surface area contributed by atoms with Gasteiger partial charge in [-0.05, 0) is 19.4 Å². The highest BCUT2D eigenvalue weighted by atomic mass is 16.6. The predicted octanol–water partition coefficient (Wildman–Crippen LogP) is 1.12. The molecule has 6 heteroatoms. The third-order valence-corrected chi connectivity index (χ3v) is 2.47. The van der Waals surface area contributed by atoms with Crippen molar-refractivity contribution in [3.05, 3.63) is 28.4 Å². The van der Waals surface area contributed by atoms with Crippen molar-refractivity contribution < 1.29 is 9.66 Å². The van der Waals surface area contributed by atoms with Gasteiger partial charge in [0.2, 0.25) is 5.88 Å². The monoisotopic (exact) mass is 223 g/mol. The van der Waals surface area contributed by atoms with Gasteiger partial charge in [-0.25, -0.2) is 4.98 Å². The molecular formula is C10H13N3O3. The quantitative estimate of drug-likeness (QED) is 0.613. The zero-order chi connectivity index (χ0) is 11.4. The molecule has 0 radical (unpaired) electrons. The normalized spacial score (nSPS) is 20.4. The average molecular weight is 223 g/mol. The smallest absolute Gasteiger partial charge is 0.276 e. The van der Waals surface area contributed by atoms with E-state index in [1.165, 1.54) is 18.3 Å². The lowest BCUT2D eigenvalue weighted by atomic mass is 10.1. The third-order valence-electron chi connectivity index (χ3n) is 2.47. The molecule has 86 valence electrons. The van der Waals surface area contributed by atoms with Crippen LogP contribution < -0.4 is 10.1 Å². The van der Waals surface area contributed by atoms with Crippen LogP contribution >= 0.6 is 0 Å². The van der Waals surface area contributed by atoms with E-state index < -0.39 is 4.92 Å². The first-order valence-corrected chi connectivity index (χ1v) is 5.23. The first kappa shape index (κ1) is 10.8. The van der Waals surface area contributed by atoms with Gasteiger partial charge in [-0.2, -0.15) is 0 Å². The minimum absolute atomic E-state index is 0.00812. The molecule has 1 atom stereocenters. The molecule has 1 N–H and O–H groups in total. The molecule has 1 aliphatic heterocycles. The highest BCUT2D eigenvalue weighted by molar-refractivity contribution is 5.32. The highest BCUT2D eigenvalue weighted by Crippen LogP contribution is 2.18. The van der Waals surface area contributed by atoms with Crippen LogP contribution in [-0.4, -0.2) is 29.1 Å². The summed E-state index contributed by atoms with van der Waals surface area (Å²) in [6.07, 6.45) is 3.46. The molecule has 0 bridgehead atoms. The van der Waals surface area contributed by atoms with Gasteiger partial charge in [0.15, 0.2) is 0 Å². The number of rotatable bonds is 3. The lowest BCUT2D eigenvalue weighted by Gasteiger charge is -2.23. The zero-order valence-corrected chi connectivity index (χ0v) is 8.76. The Morgan fingerprint density at radius 1 is 1.62 bits per heavy atom. The fourth-order valence-corrected chi connectivity index (χ4v) is 1.67. The molecule has 16 heavy (non-hydrogen) atoms. The van der Waals surface area contributed by atoms with Crippen molar-refractivity contribution in [2.75, 3.05) is 13.1 Å². The number of hydrogen-bond acceptors (Lipinski definition) is 5. The summed E-state index contributed by atoms with van der Waals surface area (Å²) < 4.78 is 5.57. The maximum Gasteiger partial charge on any atom is 0.276 e. The molecule has 1 saturated heterocycles. The molecule has 1 aromatic rings. The molecular weight excluding hydrogens is 210 g/mol. The molecule has 0 amide bonds. The summed E-state index contributed by atoms with van der Waals surface area (Å²) in [5.74, 6) is 0.322. The Labute approximate surface area is 92.8 Å². The number of nitrogens with one attached hydrogen (secondary N) is 1. The van der Waals surface area contributed by atoms with Gasteiger partial charge in [-0.1, -0.05) is 0 Å². The molecule has 0 spiro atoms. The fraction of sp³-hybridized carbons (Fsp3) is 0.500. The predicted molar refractivity (Wildman–Crippen MR) is 57.4 cm³/mol. The standard InChI is InChI=1S/C10H13N3O3/c14-13(15)8-3-5-12-10(6-8)16-9-2-1-4-11-7-9/h3,5-6,9,11H,1-2,4,7H2. The number of nitrogens with zero attached hydrogens (tertiary/aromatic N) is 2. The molecule has 2 heterocycles. The summed E-state index contributed by atoms with van der Waals surface area (Å²) in [4.78, 5) is 14.1. The van der Waals surface area contributed by atoms with Crippen LogP contribution in [0.3, 0.4) is 0 Å². The van der Waals surface area contributed by atoms with Crippen LogP contribution in [0.4, 0.5) is 5.69 Å². The topological polar surface area (TPSA) is 77.3 Å². The number of piperidine rings is 1. The Hall–Kier alpha value is -1.69. The van der Waals surface area contributed by atoms with Gasteiger partial charge >= 0.3 is 0 Å². The van der Waals surface area contributed by atoms with Gasteiger partial charge in [0.05, 0.1) is 11.0 Å². The summed E-state index contributed by atoms with van der Waals surface area (Å²) in [5.41, 5.74) is 0.00812. The van der Waals surface area contributed by atoms with E-state index in [-0.39, 0.29) is 11.8 Å². The van der Waals surface area contributed by atoms with Crippen LogP contribution in [0.5, 0.6) is 5.88 Å². The maximum absolute atomic E-state index is 10.6. The lowest BCUT2D eigenvalue weighted by Crippen LogP contribution is -2.37. The summed E-state index contributed by atoms with van der Waals surface area (Å²) >= 11 is 0. The summed E-state index contributed by atoms with van der Waals surface area (Å²) in [6, 6.07) is 2.71. The van der Waals surface area contributed by atoms with E-state index in [9.17, 15) is 10.1 Å². The molecule has 1 fully saturated rings. The second kappa shape index (κ2) is 4.89. The van der Waals surface area contributed by atoms with Crippen molar-refractivity contribution in [3.8, 4) is 5.88 Å². The van der Waals surface area contributed by atoms with Crippen molar-refractivity contribution in [3.63, 3.8) is 0 Å². The Kier molecular flexibility index (Phi) is 3.31. The zero-order valence-electron chi connectivity index (χ0n) is 8.76. The van der Waals surface area contributed by atoms with E-state index in [4.69, 9.17) is 4.74 Å². The number of hydrogen-bond donors (Lipinski definition) is 1. The largest absolute Gasteiger partial charge is 0.473 e. The van der Waals surface area contributed by atoms with Crippen molar-refractivity contribution in [2.24, 2.45) is 0 Å². The Morgan fingerprint density at radius 3 is 3.19 bits per heavy atom. The minimum Gasteiger partial charge on any atom is -0.473 e. The van der Waals surface area contributed by atoms with Crippen molar-refractivity contribution in [2.45, 2.75) is 18.9 Å². The molecule has 1 aromatic heterocycles. The molecule has 6 nitrogen and oxygen atoms in total. The molecule has 0 aromatic carbocycles. The maximum atomic E-state index is 10.6. The van der Waals surface area contributed by atoms with Gasteiger partial charge in [-0.3, -0.25) is 10.1 Å². The van der Waals surface area contributed by atoms with E-state index in [1.54, 1.807) is 0 Å². The summed E-state index contributed by atoms with van der Waals surface area (Å²) in [5, 5.41) is 13.8. The van der Waals surface area contributed by atoms with Crippen LogP contribution in [0.1, 0.15) is 12.8 Å². The minimum atomic E-state index is -0.451. The second-order valence-corrected chi connectivity index (χ2v) is 3.70. The van der Waals surface area contributed by atoms with Gasteiger partial charge < -0.3 is 10.1 Å². The van der Waals surface area contributed by atoms with Crippen LogP contribution in [0, 0.1) is 10.1 Å². The Bertz CT molecular complexity index is 377. The molecule has 0 aliphatic carbocycles. The highest BCUT2D eigenvalue weighted by Gasteiger charge is 2.16. The first-order valence-electron chi connectivity index (χ1n) is 5.23. The van der Waals surface area contributed by atoms with E-state index in [1.807, 2.05) is 0 Å². The SMILES string of the molecule is O=[N+]([O-])c1ccnc(OC2CCCNC2)c1. The molecule has 0 saturated carbocycles. The van der Waals surface area contributed by atoms with E-state index in [0.29, 0.717) is 5.88 Å². The van der Waals surface area contributed by atoms with Gasteiger partial charge in [0, 0.05) is 18.8 Å². The average Bonchev–Trinajstić information content (AvgIpc) is 2.30. The fourth-order valence-electron chi connectivity index (χ4n) is 1.67. The molecule has 1 aliphatic rings. The summed E-state index contributed by atoms with van der Waals surface area (Å²) in [7, 11) is 0. The summed E-state index contributed by atoms with van der Waals surface area (Å²) in [6.45, 7) is 1.77. The van der Waals surface area contributed by atoms with Crippen molar-refractivity contribution in [1.82, 2.24) is 10.3 Å². The number of aromatic nitrogens is 1. The van der Waals surface area contributed by atoms with Crippen molar-refractivity contribution >= 4 is 5.69 Å². The number of nitro groups is 1. The van der Waals surface area contributed by atoms with E-state index >= 15 is 0 Å². The van der Waals surface area contributed by atoms with E-state index in [2.05, 4.69) is 10.3 Å². The third kappa shape index (κ3) is 2.66. The van der Waals surface area contributed by atoms with Gasteiger partial charge in [0.1, 0.15) is 6.10 Å². The van der Waals surface area contributed by atoms with Crippen LogP contribution in [0.15, 0.2) is 18.3 Å². The van der Waals surface area contributed by atoms with Gasteiger partial charge in [0.25, 0.3) is 5.69 Å². The first-order chi connectivity index (χ1) is 7.75. The molecule has 2 rings (SSSR count).